The van der Waals surface area contributed by atoms with E-state index < -0.39 is 4.92 Å². The van der Waals surface area contributed by atoms with E-state index in [-0.39, 0.29) is 11.4 Å². The van der Waals surface area contributed by atoms with Crippen molar-refractivity contribution in [1.29, 1.82) is 0 Å². The van der Waals surface area contributed by atoms with Crippen LogP contribution >= 0.6 is 15.9 Å². The average molecular weight is 308 g/mol. The third kappa shape index (κ3) is 2.68. The van der Waals surface area contributed by atoms with E-state index in [1.807, 2.05) is 30.3 Å². The summed E-state index contributed by atoms with van der Waals surface area (Å²) in [5.41, 5.74) is 1.46. The fourth-order valence-corrected chi connectivity index (χ4v) is 2.05. The van der Waals surface area contributed by atoms with Crippen LogP contribution < -0.4 is 0 Å². The molecule has 0 saturated heterocycles. The number of rotatable bonds is 3. The Hall–Kier alpha value is -1.88. The first-order chi connectivity index (χ1) is 8.58. The summed E-state index contributed by atoms with van der Waals surface area (Å²) in [5, 5.41) is 20.6. The molecule has 0 bridgehead atoms. The molecule has 0 radical (unpaired) electrons. The summed E-state index contributed by atoms with van der Waals surface area (Å²) in [7, 11) is 0. The zero-order valence-electron chi connectivity index (χ0n) is 9.34. The van der Waals surface area contributed by atoms with Crippen molar-refractivity contribution in [1.82, 2.24) is 0 Å². The van der Waals surface area contributed by atoms with Gasteiger partial charge in [-0.15, -0.1) is 0 Å². The van der Waals surface area contributed by atoms with Crippen molar-refractivity contribution in [2.24, 2.45) is 0 Å². The molecule has 5 heteroatoms. The number of hydrogen-bond donors (Lipinski definition) is 1. The number of nitro groups is 1. The second kappa shape index (κ2) is 5.18. The van der Waals surface area contributed by atoms with Crippen molar-refractivity contribution in [2.45, 2.75) is 6.42 Å². The lowest BCUT2D eigenvalue weighted by Gasteiger charge is -2.05. The van der Waals surface area contributed by atoms with Crippen LogP contribution in [0.4, 0.5) is 5.69 Å². The molecule has 0 heterocycles. The van der Waals surface area contributed by atoms with Crippen molar-refractivity contribution in [2.75, 3.05) is 0 Å². The summed E-state index contributed by atoms with van der Waals surface area (Å²) in [4.78, 5) is 10.5. The number of benzene rings is 2. The number of aromatic hydroxyl groups is 1. The molecule has 0 aliphatic rings. The van der Waals surface area contributed by atoms with Gasteiger partial charge in [0.05, 0.1) is 9.40 Å². The topological polar surface area (TPSA) is 63.4 Å². The summed E-state index contributed by atoms with van der Waals surface area (Å²) >= 11 is 3.08. The maximum Gasteiger partial charge on any atom is 0.274 e. The third-order valence-corrected chi connectivity index (χ3v) is 3.22. The Morgan fingerprint density at radius 2 is 1.89 bits per heavy atom. The standard InChI is InChI=1S/C13H10BrNO3/c14-11-8-12(15(17)18)10(7-13(11)16)6-9-4-2-1-3-5-9/h1-5,7-8,16H,6H2. The number of phenols is 1. The van der Waals surface area contributed by atoms with Gasteiger partial charge >= 0.3 is 0 Å². The molecule has 0 aromatic heterocycles. The zero-order valence-corrected chi connectivity index (χ0v) is 10.9. The maximum absolute atomic E-state index is 11.0. The van der Waals surface area contributed by atoms with Gasteiger partial charge in [-0.2, -0.15) is 0 Å². The molecular formula is C13H10BrNO3. The van der Waals surface area contributed by atoms with Crippen LogP contribution in [0, 0.1) is 10.1 Å². The highest BCUT2D eigenvalue weighted by Gasteiger charge is 2.17. The highest BCUT2D eigenvalue weighted by atomic mass is 79.9. The first-order valence-electron chi connectivity index (χ1n) is 5.27. The lowest BCUT2D eigenvalue weighted by atomic mass is 10.0. The Morgan fingerprint density at radius 3 is 2.50 bits per heavy atom. The van der Waals surface area contributed by atoms with Gasteiger partial charge in [-0.3, -0.25) is 10.1 Å². The summed E-state index contributed by atoms with van der Waals surface area (Å²) < 4.78 is 0.325. The Bertz CT molecular complexity index is 584. The van der Waals surface area contributed by atoms with E-state index in [2.05, 4.69) is 15.9 Å². The van der Waals surface area contributed by atoms with Crippen LogP contribution in [0.1, 0.15) is 11.1 Å². The minimum absolute atomic E-state index is 0.00327. The largest absolute Gasteiger partial charge is 0.507 e. The molecule has 2 rings (SSSR count). The van der Waals surface area contributed by atoms with Crippen LogP contribution in [0.3, 0.4) is 0 Å². The second-order valence-corrected chi connectivity index (χ2v) is 4.71. The lowest BCUT2D eigenvalue weighted by molar-refractivity contribution is -0.385. The van der Waals surface area contributed by atoms with Gasteiger partial charge in [-0.05, 0) is 27.6 Å². The van der Waals surface area contributed by atoms with Gasteiger partial charge < -0.3 is 5.11 Å². The molecule has 0 spiro atoms. The third-order valence-electron chi connectivity index (χ3n) is 2.58. The van der Waals surface area contributed by atoms with E-state index in [0.717, 1.165) is 5.56 Å². The molecule has 0 aliphatic carbocycles. The number of phenolic OH excluding ortho intramolecular Hbond substituents is 1. The minimum Gasteiger partial charge on any atom is -0.507 e. The molecule has 2 aromatic rings. The Balaban J connectivity index is 2.43. The normalized spacial score (nSPS) is 10.3. The van der Waals surface area contributed by atoms with E-state index in [4.69, 9.17) is 0 Å². The van der Waals surface area contributed by atoms with E-state index in [0.29, 0.717) is 16.5 Å². The van der Waals surface area contributed by atoms with Crippen LogP contribution in [0.2, 0.25) is 0 Å². The average Bonchev–Trinajstić information content (AvgIpc) is 2.34. The van der Waals surface area contributed by atoms with Gasteiger partial charge in [0.1, 0.15) is 5.75 Å². The van der Waals surface area contributed by atoms with Crippen molar-refractivity contribution >= 4 is 21.6 Å². The van der Waals surface area contributed by atoms with Gasteiger partial charge in [0, 0.05) is 18.1 Å². The van der Waals surface area contributed by atoms with Crippen LogP contribution in [0.25, 0.3) is 0 Å². The Labute approximate surface area is 112 Å². The molecule has 0 fully saturated rings. The highest BCUT2D eigenvalue weighted by Crippen LogP contribution is 2.32. The summed E-state index contributed by atoms with van der Waals surface area (Å²) in [6.45, 7) is 0. The van der Waals surface area contributed by atoms with Crippen LogP contribution in [-0.2, 0) is 6.42 Å². The molecular weight excluding hydrogens is 298 g/mol. The van der Waals surface area contributed by atoms with E-state index in [1.165, 1.54) is 12.1 Å². The van der Waals surface area contributed by atoms with Crippen molar-refractivity contribution in [3.05, 3.63) is 68.2 Å². The minimum atomic E-state index is -0.442. The molecule has 0 aliphatic heterocycles. The second-order valence-electron chi connectivity index (χ2n) is 3.85. The quantitative estimate of drug-likeness (QED) is 0.695. The monoisotopic (exact) mass is 307 g/mol. The Kier molecular flexibility index (Phi) is 3.62. The molecule has 4 nitrogen and oxygen atoms in total. The van der Waals surface area contributed by atoms with Crippen molar-refractivity contribution < 1.29 is 10.0 Å². The van der Waals surface area contributed by atoms with Crippen LogP contribution in [0.15, 0.2) is 46.9 Å². The van der Waals surface area contributed by atoms with Crippen molar-refractivity contribution in [3.8, 4) is 5.75 Å². The van der Waals surface area contributed by atoms with E-state index in [1.54, 1.807) is 0 Å². The van der Waals surface area contributed by atoms with Crippen LogP contribution in [0.5, 0.6) is 5.75 Å². The van der Waals surface area contributed by atoms with E-state index in [9.17, 15) is 15.2 Å². The van der Waals surface area contributed by atoms with Crippen molar-refractivity contribution in [3.63, 3.8) is 0 Å². The smallest absolute Gasteiger partial charge is 0.274 e. The molecule has 0 amide bonds. The molecule has 0 unspecified atom stereocenters. The van der Waals surface area contributed by atoms with Gasteiger partial charge in [-0.25, -0.2) is 0 Å². The summed E-state index contributed by atoms with van der Waals surface area (Å²) in [6.07, 6.45) is 0.415. The molecule has 1 N–H and O–H groups in total. The molecule has 0 atom stereocenters. The van der Waals surface area contributed by atoms with Crippen LogP contribution in [-0.4, -0.2) is 10.0 Å². The Morgan fingerprint density at radius 1 is 1.22 bits per heavy atom. The molecule has 92 valence electrons. The zero-order chi connectivity index (χ0) is 13.1. The summed E-state index contributed by atoms with van der Waals surface area (Å²) in [5.74, 6) is 0.00605. The molecule has 2 aromatic carbocycles. The maximum atomic E-state index is 11.0. The fourth-order valence-electron chi connectivity index (χ4n) is 1.72. The van der Waals surface area contributed by atoms with Gasteiger partial charge in [0.2, 0.25) is 0 Å². The number of nitro benzene ring substituents is 1. The predicted octanol–water partition coefficient (Wildman–Crippen LogP) is 3.65. The number of hydrogen-bond acceptors (Lipinski definition) is 3. The number of nitrogens with zero attached hydrogens (tertiary/aromatic N) is 1. The van der Waals surface area contributed by atoms with Gasteiger partial charge in [-0.1, -0.05) is 30.3 Å². The van der Waals surface area contributed by atoms with E-state index >= 15 is 0 Å². The fraction of sp³-hybridized carbons (Fsp3) is 0.0769. The molecule has 0 saturated carbocycles. The highest BCUT2D eigenvalue weighted by molar-refractivity contribution is 9.10. The first-order valence-corrected chi connectivity index (χ1v) is 6.07. The number of halogens is 1. The predicted molar refractivity (Wildman–Crippen MR) is 71.7 cm³/mol. The first kappa shape index (κ1) is 12.6. The molecule has 18 heavy (non-hydrogen) atoms. The van der Waals surface area contributed by atoms with Gasteiger partial charge in [0.25, 0.3) is 5.69 Å². The summed E-state index contributed by atoms with van der Waals surface area (Å²) in [6, 6.07) is 12.2. The SMILES string of the molecule is O=[N+]([O-])c1cc(Br)c(O)cc1Cc1ccccc1. The van der Waals surface area contributed by atoms with Gasteiger partial charge in [0.15, 0.2) is 0 Å². The lowest BCUT2D eigenvalue weighted by Crippen LogP contribution is -1.97.